The highest BCUT2D eigenvalue weighted by Crippen LogP contribution is 2.23. The topological polar surface area (TPSA) is 49.4 Å². The van der Waals surface area contributed by atoms with Crippen LogP contribution < -0.4 is 5.32 Å². The number of rotatable bonds is 5. The van der Waals surface area contributed by atoms with Gasteiger partial charge in [-0.2, -0.15) is 11.8 Å². The lowest BCUT2D eigenvalue weighted by Crippen LogP contribution is -2.31. The minimum absolute atomic E-state index is 0.114. The summed E-state index contributed by atoms with van der Waals surface area (Å²) in [6, 6.07) is 1.29. The standard InChI is InChI=1S/C11H13BrN2O2S2/c1-17-3-2-8-10(15)14(11(16)13-8)5-7-4-9(12)18-6-7/h4,6,8H,2-3,5H2,1H3,(H,13,16)/t8-/m0/s1. The number of halogens is 1. The number of amides is 3. The molecule has 0 aromatic carbocycles. The Bertz CT molecular complexity index is 464. The number of thioether (sulfide) groups is 1. The summed E-state index contributed by atoms with van der Waals surface area (Å²) in [5.41, 5.74) is 0.973. The Kier molecular flexibility index (Phi) is 4.69. The predicted molar refractivity (Wildman–Crippen MR) is 77.9 cm³/mol. The van der Waals surface area contributed by atoms with Crippen LogP contribution in [0, 0.1) is 0 Å². The second-order valence-corrected chi connectivity index (χ2v) is 7.24. The summed E-state index contributed by atoms with van der Waals surface area (Å²) in [6.45, 7) is 0.350. The SMILES string of the molecule is CSCC[C@@H]1NC(=O)N(Cc2csc(Br)c2)C1=O. The fraction of sp³-hybridized carbons (Fsp3) is 0.455. The van der Waals surface area contributed by atoms with Gasteiger partial charge in [0.05, 0.1) is 10.3 Å². The minimum atomic E-state index is -0.355. The van der Waals surface area contributed by atoms with Crippen molar-refractivity contribution in [2.45, 2.75) is 19.0 Å². The van der Waals surface area contributed by atoms with Crippen molar-refractivity contribution >= 4 is 51.0 Å². The van der Waals surface area contributed by atoms with E-state index in [4.69, 9.17) is 0 Å². The molecule has 7 heteroatoms. The molecular formula is C11H13BrN2O2S2. The summed E-state index contributed by atoms with van der Waals surface area (Å²) in [5.74, 6) is 0.755. The van der Waals surface area contributed by atoms with Crippen molar-refractivity contribution in [3.05, 3.63) is 20.8 Å². The summed E-state index contributed by atoms with van der Waals surface area (Å²) >= 11 is 6.59. The van der Waals surface area contributed by atoms with Crippen molar-refractivity contribution in [1.82, 2.24) is 10.2 Å². The van der Waals surface area contributed by atoms with Crippen LogP contribution in [-0.4, -0.2) is 34.9 Å². The predicted octanol–water partition coefficient (Wildman–Crippen LogP) is 2.68. The maximum atomic E-state index is 12.1. The smallest absolute Gasteiger partial charge is 0.325 e. The monoisotopic (exact) mass is 348 g/mol. The molecule has 4 nitrogen and oxygen atoms in total. The number of hydrogen-bond acceptors (Lipinski definition) is 4. The highest BCUT2D eigenvalue weighted by molar-refractivity contribution is 9.11. The molecule has 1 fully saturated rings. The van der Waals surface area contributed by atoms with Gasteiger partial charge in [0.2, 0.25) is 0 Å². The van der Waals surface area contributed by atoms with Crippen LogP contribution in [-0.2, 0) is 11.3 Å². The molecule has 18 heavy (non-hydrogen) atoms. The largest absolute Gasteiger partial charge is 0.326 e. The fourth-order valence-corrected chi connectivity index (χ4v) is 3.44. The molecule has 0 bridgehead atoms. The molecule has 1 saturated heterocycles. The highest BCUT2D eigenvalue weighted by atomic mass is 79.9. The molecule has 3 amide bonds. The van der Waals surface area contributed by atoms with Crippen molar-refractivity contribution in [1.29, 1.82) is 0 Å². The van der Waals surface area contributed by atoms with E-state index >= 15 is 0 Å². The van der Waals surface area contributed by atoms with E-state index in [9.17, 15) is 9.59 Å². The van der Waals surface area contributed by atoms with Crippen LogP contribution in [0.25, 0.3) is 0 Å². The average Bonchev–Trinajstić information content (AvgIpc) is 2.86. The number of urea groups is 1. The Morgan fingerprint density at radius 3 is 2.94 bits per heavy atom. The third-order valence-corrected chi connectivity index (χ3v) is 4.88. The molecule has 0 aliphatic carbocycles. The molecule has 1 aromatic rings. The summed E-state index contributed by atoms with van der Waals surface area (Å²) in [4.78, 5) is 25.1. The average molecular weight is 349 g/mol. The summed E-state index contributed by atoms with van der Waals surface area (Å²) in [7, 11) is 0. The van der Waals surface area contributed by atoms with Gasteiger partial charge >= 0.3 is 6.03 Å². The Balaban J connectivity index is 2.00. The van der Waals surface area contributed by atoms with Gasteiger partial charge in [-0.05, 0) is 51.4 Å². The number of imide groups is 1. The van der Waals surface area contributed by atoms with Gasteiger partial charge in [0.1, 0.15) is 6.04 Å². The van der Waals surface area contributed by atoms with E-state index < -0.39 is 0 Å². The maximum Gasteiger partial charge on any atom is 0.325 e. The Morgan fingerprint density at radius 1 is 1.56 bits per heavy atom. The zero-order valence-electron chi connectivity index (χ0n) is 9.81. The third kappa shape index (κ3) is 3.07. The molecule has 1 N–H and O–H groups in total. The van der Waals surface area contributed by atoms with Gasteiger partial charge in [-0.15, -0.1) is 11.3 Å². The van der Waals surface area contributed by atoms with E-state index in [0.717, 1.165) is 15.1 Å². The van der Waals surface area contributed by atoms with Gasteiger partial charge in [-0.25, -0.2) is 4.79 Å². The van der Waals surface area contributed by atoms with Crippen LogP contribution >= 0.6 is 39.0 Å². The molecular weight excluding hydrogens is 336 g/mol. The van der Waals surface area contributed by atoms with E-state index in [2.05, 4.69) is 21.2 Å². The van der Waals surface area contributed by atoms with E-state index in [-0.39, 0.29) is 18.0 Å². The molecule has 0 radical (unpaired) electrons. The van der Waals surface area contributed by atoms with Crippen molar-refractivity contribution in [3.63, 3.8) is 0 Å². The van der Waals surface area contributed by atoms with Crippen molar-refractivity contribution < 1.29 is 9.59 Å². The number of hydrogen-bond donors (Lipinski definition) is 1. The summed E-state index contributed by atoms with van der Waals surface area (Å²) in [6.07, 6.45) is 2.68. The zero-order valence-corrected chi connectivity index (χ0v) is 13.0. The highest BCUT2D eigenvalue weighted by Gasteiger charge is 2.37. The molecule has 1 aromatic heterocycles. The quantitative estimate of drug-likeness (QED) is 0.832. The lowest BCUT2D eigenvalue weighted by Gasteiger charge is -2.11. The van der Waals surface area contributed by atoms with Crippen molar-refractivity contribution in [2.75, 3.05) is 12.0 Å². The Morgan fingerprint density at radius 2 is 2.33 bits per heavy atom. The molecule has 98 valence electrons. The van der Waals surface area contributed by atoms with Crippen LogP contribution in [0.5, 0.6) is 0 Å². The van der Waals surface area contributed by atoms with E-state index in [1.165, 1.54) is 4.90 Å². The molecule has 1 aliphatic heterocycles. The second kappa shape index (κ2) is 6.08. The molecule has 1 aliphatic rings. The van der Waals surface area contributed by atoms with E-state index in [1.807, 2.05) is 17.7 Å². The number of nitrogens with zero attached hydrogens (tertiary/aromatic N) is 1. The zero-order chi connectivity index (χ0) is 13.1. The lowest BCUT2D eigenvalue weighted by molar-refractivity contribution is -0.127. The Hall–Kier alpha value is -0.530. The van der Waals surface area contributed by atoms with Gasteiger partial charge < -0.3 is 5.32 Å². The first-order chi connectivity index (χ1) is 8.61. The molecule has 1 atom stereocenters. The third-order valence-electron chi connectivity index (χ3n) is 2.68. The molecule has 0 unspecified atom stereocenters. The van der Waals surface area contributed by atoms with Gasteiger partial charge in [-0.1, -0.05) is 0 Å². The number of nitrogens with one attached hydrogen (secondary N) is 1. The Labute approximate surface area is 122 Å². The fourth-order valence-electron chi connectivity index (χ4n) is 1.77. The number of thiophene rings is 1. The number of carbonyl (C=O) groups excluding carboxylic acids is 2. The van der Waals surface area contributed by atoms with E-state index in [0.29, 0.717) is 13.0 Å². The van der Waals surface area contributed by atoms with Crippen LogP contribution in [0.2, 0.25) is 0 Å². The van der Waals surface area contributed by atoms with Crippen LogP contribution in [0.4, 0.5) is 4.79 Å². The van der Waals surface area contributed by atoms with Gasteiger partial charge in [0, 0.05) is 0 Å². The lowest BCUT2D eigenvalue weighted by atomic mass is 10.2. The van der Waals surface area contributed by atoms with Crippen LogP contribution in [0.1, 0.15) is 12.0 Å². The van der Waals surface area contributed by atoms with Gasteiger partial charge in [-0.3, -0.25) is 9.69 Å². The first-order valence-electron chi connectivity index (χ1n) is 5.45. The molecule has 2 heterocycles. The maximum absolute atomic E-state index is 12.1. The summed E-state index contributed by atoms with van der Waals surface area (Å²) < 4.78 is 1.00. The first-order valence-corrected chi connectivity index (χ1v) is 8.52. The molecule has 0 saturated carbocycles. The van der Waals surface area contributed by atoms with Gasteiger partial charge in [0.15, 0.2) is 0 Å². The van der Waals surface area contributed by atoms with Crippen LogP contribution in [0.15, 0.2) is 15.2 Å². The van der Waals surface area contributed by atoms with Gasteiger partial charge in [0.25, 0.3) is 5.91 Å². The van der Waals surface area contributed by atoms with Crippen molar-refractivity contribution in [3.8, 4) is 0 Å². The molecule has 0 spiro atoms. The molecule has 2 rings (SSSR count). The van der Waals surface area contributed by atoms with Crippen LogP contribution in [0.3, 0.4) is 0 Å². The summed E-state index contributed by atoms with van der Waals surface area (Å²) in [5, 5.41) is 4.68. The van der Waals surface area contributed by atoms with Crippen molar-refractivity contribution in [2.24, 2.45) is 0 Å². The second-order valence-electron chi connectivity index (χ2n) is 3.97. The minimum Gasteiger partial charge on any atom is -0.326 e. The normalized spacial score (nSPS) is 19.4. The number of carbonyl (C=O) groups is 2. The first kappa shape index (κ1) is 13.9. The van der Waals surface area contributed by atoms with E-state index in [1.54, 1.807) is 23.1 Å².